The van der Waals surface area contributed by atoms with E-state index in [-0.39, 0.29) is 24.0 Å². The van der Waals surface area contributed by atoms with E-state index in [9.17, 15) is 0 Å². The maximum atomic E-state index is 6.56. The van der Waals surface area contributed by atoms with Gasteiger partial charge in [-0.25, -0.2) is 9.13 Å². The van der Waals surface area contributed by atoms with E-state index in [1.165, 1.54) is 37.3 Å². The second-order valence-corrected chi connectivity index (χ2v) is 13.1. The molecule has 4 rings (SSSR count). The highest BCUT2D eigenvalue weighted by molar-refractivity contribution is 6.43. The van der Waals surface area contributed by atoms with Crippen LogP contribution in [-0.4, -0.2) is 17.7 Å². The summed E-state index contributed by atoms with van der Waals surface area (Å²) in [5, 5.41) is 2.38. The maximum Gasteiger partial charge on any atom is 0.282 e. The number of hydrogen-bond acceptors (Lipinski definition) is 2. The van der Waals surface area contributed by atoms with Gasteiger partial charge in [-0.05, 0) is 50.3 Å². The van der Waals surface area contributed by atoms with Crippen LogP contribution < -0.4 is 38.3 Å². The first-order valence-electron chi connectivity index (χ1n) is 16.2. The Morgan fingerprint density at radius 3 is 1.77 bits per heavy atom. The average molecular weight is 793 g/mol. The number of benzene rings is 2. The number of aromatic nitrogens is 2. The van der Waals surface area contributed by atoms with Crippen LogP contribution in [0.4, 0.5) is 11.4 Å². The van der Waals surface area contributed by atoms with Gasteiger partial charge in [0.05, 0.1) is 44.6 Å². The molecule has 0 saturated carbocycles. The minimum absolute atomic E-state index is 0. The summed E-state index contributed by atoms with van der Waals surface area (Å²) in [7, 11) is 0. The number of imidazole rings is 1. The van der Waals surface area contributed by atoms with E-state index in [0.29, 0.717) is 20.1 Å². The number of halogens is 5. The van der Waals surface area contributed by atoms with Crippen molar-refractivity contribution in [2.24, 2.45) is 0 Å². The Labute approximate surface area is 302 Å². The summed E-state index contributed by atoms with van der Waals surface area (Å²) in [6, 6.07) is 8.13. The minimum atomic E-state index is 0. The summed E-state index contributed by atoms with van der Waals surface area (Å²) >= 11 is 26.2. The third kappa shape index (κ3) is 8.61. The van der Waals surface area contributed by atoms with E-state index in [1.54, 1.807) is 0 Å². The molecule has 1 aliphatic heterocycles. The van der Waals surface area contributed by atoms with Crippen molar-refractivity contribution < 1.29 is 28.5 Å². The molecule has 0 saturated heterocycles. The van der Waals surface area contributed by atoms with Gasteiger partial charge in [-0.2, -0.15) is 0 Å². The van der Waals surface area contributed by atoms with Crippen LogP contribution in [-0.2, 0) is 13.1 Å². The summed E-state index contributed by atoms with van der Waals surface area (Å²) in [5.74, 6) is 2.35. The van der Waals surface area contributed by atoms with Gasteiger partial charge in [0, 0.05) is 31.3 Å². The molecule has 0 spiro atoms. The topological polar surface area (TPSA) is 15.3 Å². The van der Waals surface area contributed by atoms with Gasteiger partial charge in [0.25, 0.3) is 5.82 Å². The van der Waals surface area contributed by atoms with Crippen molar-refractivity contribution >= 4 is 74.9 Å². The van der Waals surface area contributed by atoms with Crippen LogP contribution in [0, 0.1) is 0 Å². The summed E-state index contributed by atoms with van der Waals surface area (Å²) < 4.78 is 4.84. The molecule has 0 aliphatic carbocycles. The van der Waals surface area contributed by atoms with E-state index in [4.69, 9.17) is 46.4 Å². The van der Waals surface area contributed by atoms with E-state index in [2.05, 4.69) is 64.9 Å². The van der Waals surface area contributed by atoms with Crippen LogP contribution in [0.3, 0.4) is 0 Å². The highest BCUT2D eigenvalue weighted by Gasteiger charge is 2.31. The van der Waals surface area contributed by atoms with Crippen molar-refractivity contribution in [3.63, 3.8) is 0 Å². The van der Waals surface area contributed by atoms with Crippen LogP contribution in [0.2, 0.25) is 20.1 Å². The lowest BCUT2D eigenvalue weighted by Crippen LogP contribution is -3.00. The van der Waals surface area contributed by atoms with Crippen molar-refractivity contribution in [3.05, 3.63) is 68.2 Å². The Balaban J connectivity index is 0.00000529. The smallest absolute Gasteiger partial charge is 0.282 e. The first-order valence-corrected chi connectivity index (χ1v) is 17.7. The Morgan fingerprint density at radius 2 is 1.16 bits per heavy atom. The van der Waals surface area contributed by atoms with Crippen LogP contribution in [0.25, 0.3) is 17.1 Å². The van der Waals surface area contributed by atoms with E-state index < -0.39 is 0 Å². The van der Waals surface area contributed by atoms with E-state index >= 15 is 0 Å². The number of hydrogen-bond donors (Lipinski definition) is 0. The zero-order chi connectivity index (χ0) is 30.9. The van der Waals surface area contributed by atoms with Gasteiger partial charge in [-0.15, -0.1) is 0 Å². The first kappa shape index (κ1) is 37.3. The van der Waals surface area contributed by atoms with Crippen molar-refractivity contribution in [1.29, 1.82) is 0 Å². The van der Waals surface area contributed by atoms with Crippen LogP contribution >= 0.6 is 46.4 Å². The largest absolute Gasteiger partial charge is 1.00 e. The van der Waals surface area contributed by atoms with Crippen LogP contribution in [0.15, 0.2) is 42.2 Å². The highest BCUT2D eigenvalue weighted by Crippen LogP contribution is 2.46. The maximum absolute atomic E-state index is 6.56. The first-order chi connectivity index (χ1) is 20.9. The molecule has 0 N–H and O–H groups in total. The van der Waals surface area contributed by atoms with Gasteiger partial charge in [-0.3, -0.25) is 0 Å². The molecule has 2 heterocycles. The number of rotatable bonds is 16. The number of fused-ring (bicyclic) bond motifs is 2. The van der Waals surface area contributed by atoms with Crippen LogP contribution in [0.5, 0.6) is 0 Å². The number of unbranched alkanes of at least 4 members (excludes halogenated alkanes) is 6. The Kier molecular flexibility index (Phi) is 15.5. The molecule has 9 heteroatoms. The van der Waals surface area contributed by atoms with Crippen molar-refractivity contribution in [2.75, 3.05) is 22.9 Å². The van der Waals surface area contributed by atoms with E-state index in [1.807, 2.05) is 24.3 Å². The molecule has 0 unspecified atom stereocenters. The normalized spacial score (nSPS) is 14.0. The van der Waals surface area contributed by atoms with Crippen molar-refractivity contribution in [2.45, 2.75) is 105 Å². The third-order valence-corrected chi connectivity index (χ3v) is 9.68. The quantitative estimate of drug-likeness (QED) is 0.0820. The molecule has 0 amide bonds. The molecule has 0 bridgehead atoms. The molecular formula is C35H47Cl4IN4. The molecular weight excluding hydrogens is 745 g/mol. The standard InChI is InChI=1S/C35H47Cl4N4.HI/c1-5-9-13-20-42-32-24-28(38)26(36)22-30(32)40(18-11-7-3)34(42)16-15-17-35-41(19-12-8-4)31-23-27(37)29(39)25-33(31)43(35)21-14-10-6-2;/h15-17,22-25H,5-14,18-21H2,1-4H3;1H/q+1;/p-1. The lowest BCUT2D eigenvalue weighted by atomic mass is 10.2. The van der Waals surface area contributed by atoms with Gasteiger partial charge in [0.15, 0.2) is 11.0 Å². The van der Waals surface area contributed by atoms with E-state index in [0.717, 1.165) is 87.1 Å². The fourth-order valence-corrected chi connectivity index (χ4v) is 6.53. The fraction of sp³-hybridized carbons (Fsp3) is 0.514. The predicted molar refractivity (Wildman–Crippen MR) is 189 cm³/mol. The Morgan fingerprint density at radius 1 is 0.636 bits per heavy atom. The second kappa shape index (κ2) is 18.3. The SMILES string of the molecule is CCCCCN1/C(=C\C=C\c2n(CCCC)c3cc(Cl)c(Cl)cc3[n+]2CCCCC)N(CCCC)c2cc(Cl)c(Cl)cc21.[I-]. The van der Waals surface area contributed by atoms with Gasteiger partial charge < -0.3 is 33.8 Å². The number of anilines is 2. The monoisotopic (exact) mass is 790 g/mol. The van der Waals surface area contributed by atoms with Crippen molar-refractivity contribution in [1.82, 2.24) is 4.57 Å². The number of aryl methyl sites for hydroxylation is 2. The Hall–Kier alpha value is -1.12. The molecule has 0 fully saturated rings. The van der Waals surface area contributed by atoms with Gasteiger partial charge in [-0.1, -0.05) is 112 Å². The predicted octanol–water partition coefficient (Wildman–Crippen LogP) is 8.71. The number of nitrogens with zero attached hydrogens (tertiary/aromatic N) is 4. The molecule has 3 aromatic rings. The van der Waals surface area contributed by atoms with Gasteiger partial charge >= 0.3 is 0 Å². The summed E-state index contributed by atoms with van der Waals surface area (Å²) in [5.41, 5.74) is 4.54. The summed E-state index contributed by atoms with van der Waals surface area (Å²) in [6.07, 6.45) is 18.1. The molecule has 4 nitrogen and oxygen atoms in total. The minimum Gasteiger partial charge on any atom is -1.00 e. The molecule has 2 aromatic carbocycles. The molecule has 1 aromatic heterocycles. The lowest BCUT2D eigenvalue weighted by Gasteiger charge is -2.25. The molecule has 44 heavy (non-hydrogen) atoms. The average Bonchev–Trinajstić information content (AvgIpc) is 3.41. The summed E-state index contributed by atoms with van der Waals surface area (Å²) in [6.45, 7) is 12.7. The fourth-order valence-electron chi connectivity index (χ4n) is 5.89. The zero-order valence-corrected chi connectivity index (χ0v) is 31.8. The van der Waals surface area contributed by atoms with Gasteiger partial charge in [0.2, 0.25) is 0 Å². The lowest BCUT2D eigenvalue weighted by molar-refractivity contribution is -0.674. The molecule has 0 radical (unpaired) electrons. The zero-order valence-electron chi connectivity index (χ0n) is 26.6. The van der Waals surface area contributed by atoms with Gasteiger partial charge in [0.1, 0.15) is 5.82 Å². The Bertz CT molecular complexity index is 1450. The molecule has 242 valence electrons. The molecule has 1 aliphatic rings. The second-order valence-electron chi connectivity index (χ2n) is 11.5. The highest BCUT2D eigenvalue weighted by atomic mass is 127. The molecule has 0 atom stereocenters. The summed E-state index contributed by atoms with van der Waals surface area (Å²) in [4.78, 5) is 4.84. The number of allylic oxidation sites excluding steroid dienone is 2. The van der Waals surface area contributed by atoms with Crippen molar-refractivity contribution in [3.8, 4) is 0 Å². The van der Waals surface area contributed by atoms with Crippen LogP contribution in [0.1, 0.15) is 97.7 Å². The third-order valence-electron chi connectivity index (χ3n) is 8.24.